The van der Waals surface area contributed by atoms with Crippen LogP contribution in [0.25, 0.3) is 10.9 Å². The maximum atomic E-state index is 9.82. The van der Waals surface area contributed by atoms with E-state index in [1.807, 2.05) is 36.4 Å². The molecule has 3 heteroatoms. The van der Waals surface area contributed by atoms with Gasteiger partial charge >= 0.3 is 0 Å². The summed E-state index contributed by atoms with van der Waals surface area (Å²) in [6, 6.07) is 17.8. The molecule has 0 saturated heterocycles. The number of benzene rings is 2. The van der Waals surface area contributed by atoms with Crippen LogP contribution in [0.2, 0.25) is 0 Å². The highest BCUT2D eigenvalue weighted by atomic mass is 16.3. The van der Waals surface area contributed by atoms with E-state index in [-0.39, 0.29) is 5.75 Å². The van der Waals surface area contributed by atoms with E-state index in [9.17, 15) is 5.11 Å². The number of nitrogens with zero attached hydrogens (tertiary/aromatic N) is 1. The van der Waals surface area contributed by atoms with E-state index in [1.54, 1.807) is 12.3 Å². The summed E-state index contributed by atoms with van der Waals surface area (Å²) in [7, 11) is 0. The molecule has 3 aromatic rings. The van der Waals surface area contributed by atoms with Crippen molar-refractivity contribution in [3.8, 4) is 5.75 Å². The van der Waals surface area contributed by atoms with Crippen molar-refractivity contribution in [2.75, 3.05) is 0 Å². The number of phenols is 1. The van der Waals surface area contributed by atoms with E-state index >= 15 is 0 Å². The molecule has 0 fully saturated rings. The summed E-state index contributed by atoms with van der Waals surface area (Å²) in [6.07, 6.45) is 1.74. The third kappa shape index (κ3) is 2.63. The van der Waals surface area contributed by atoms with Gasteiger partial charge in [-0.3, -0.25) is 4.98 Å². The van der Waals surface area contributed by atoms with Gasteiger partial charge in [0.1, 0.15) is 11.3 Å². The Hall–Kier alpha value is -2.39. The molecule has 0 amide bonds. The third-order valence-electron chi connectivity index (χ3n) is 3.33. The Bertz CT molecular complexity index is 711. The predicted octanol–water partition coefficient (Wildman–Crippen LogP) is 3.23. The highest BCUT2D eigenvalue weighted by molar-refractivity contribution is 5.86. The first-order chi connectivity index (χ1) is 9.84. The van der Waals surface area contributed by atoms with Crippen LogP contribution in [0.3, 0.4) is 0 Å². The quantitative estimate of drug-likeness (QED) is 0.760. The van der Waals surface area contributed by atoms with E-state index in [0.29, 0.717) is 5.52 Å². The van der Waals surface area contributed by atoms with Crippen LogP contribution in [0, 0.1) is 0 Å². The fraction of sp³-hybridized carbons (Fsp3) is 0.118. The SMILES string of the molecule is Oc1cccc2c(CNCc3ccccc3)ccnc12. The van der Waals surface area contributed by atoms with Crippen molar-refractivity contribution in [3.63, 3.8) is 0 Å². The molecular formula is C17H16N2O. The van der Waals surface area contributed by atoms with Crippen molar-refractivity contribution in [1.82, 2.24) is 10.3 Å². The molecule has 1 heterocycles. The molecule has 0 saturated carbocycles. The van der Waals surface area contributed by atoms with Gasteiger partial charge in [-0.25, -0.2) is 0 Å². The summed E-state index contributed by atoms with van der Waals surface area (Å²) in [4.78, 5) is 4.23. The van der Waals surface area contributed by atoms with Crippen LogP contribution in [-0.4, -0.2) is 10.1 Å². The molecule has 0 bridgehead atoms. The summed E-state index contributed by atoms with van der Waals surface area (Å²) in [5.74, 6) is 0.229. The van der Waals surface area contributed by atoms with Crippen LogP contribution in [0.4, 0.5) is 0 Å². The van der Waals surface area contributed by atoms with E-state index in [4.69, 9.17) is 0 Å². The maximum absolute atomic E-state index is 9.82. The molecule has 0 spiro atoms. The summed E-state index contributed by atoms with van der Waals surface area (Å²) in [5.41, 5.74) is 3.06. The van der Waals surface area contributed by atoms with Gasteiger partial charge in [0.15, 0.2) is 0 Å². The molecule has 1 aromatic heterocycles. The number of aromatic hydroxyl groups is 1. The van der Waals surface area contributed by atoms with Crippen molar-refractivity contribution in [2.24, 2.45) is 0 Å². The van der Waals surface area contributed by atoms with Crippen LogP contribution in [-0.2, 0) is 13.1 Å². The van der Waals surface area contributed by atoms with Crippen LogP contribution >= 0.6 is 0 Å². The van der Waals surface area contributed by atoms with Gasteiger partial charge in [0.05, 0.1) is 0 Å². The Morgan fingerprint density at radius 1 is 0.900 bits per heavy atom. The lowest BCUT2D eigenvalue weighted by Gasteiger charge is -2.08. The van der Waals surface area contributed by atoms with Gasteiger partial charge in [-0.05, 0) is 23.3 Å². The number of nitrogens with one attached hydrogen (secondary N) is 1. The minimum absolute atomic E-state index is 0.229. The molecule has 0 aliphatic rings. The Morgan fingerprint density at radius 2 is 1.75 bits per heavy atom. The van der Waals surface area contributed by atoms with E-state index in [2.05, 4.69) is 22.4 Å². The minimum Gasteiger partial charge on any atom is -0.506 e. The molecule has 3 rings (SSSR count). The highest BCUT2D eigenvalue weighted by Crippen LogP contribution is 2.24. The first-order valence-corrected chi connectivity index (χ1v) is 6.65. The zero-order chi connectivity index (χ0) is 13.8. The number of para-hydroxylation sites is 1. The maximum Gasteiger partial charge on any atom is 0.141 e. The zero-order valence-electron chi connectivity index (χ0n) is 11.1. The molecule has 20 heavy (non-hydrogen) atoms. The third-order valence-corrected chi connectivity index (χ3v) is 3.33. The van der Waals surface area contributed by atoms with Gasteiger partial charge in [-0.2, -0.15) is 0 Å². The number of rotatable bonds is 4. The van der Waals surface area contributed by atoms with E-state index in [0.717, 1.165) is 24.0 Å². The Balaban J connectivity index is 1.76. The molecule has 2 N–H and O–H groups in total. The lowest BCUT2D eigenvalue weighted by Crippen LogP contribution is -2.12. The van der Waals surface area contributed by atoms with E-state index in [1.165, 1.54) is 5.56 Å². The predicted molar refractivity (Wildman–Crippen MR) is 80.4 cm³/mol. The second-order valence-corrected chi connectivity index (χ2v) is 4.73. The largest absolute Gasteiger partial charge is 0.506 e. The second kappa shape index (κ2) is 5.72. The smallest absolute Gasteiger partial charge is 0.141 e. The van der Waals surface area contributed by atoms with Crippen LogP contribution < -0.4 is 5.32 Å². The molecule has 2 aromatic carbocycles. The molecule has 0 aliphatic carbocycles. The molecule has 0 radical (unpaired) electrons. The number of phenolic OH excluding ortho intramolecular Hbond substituents is 1. The van der Waals surface area contributed by atoms with Crippen molar-refractivity contribution < 1.29 is 5.11 Å². The van der Waals surface area contributed by atoms with Crippen molar-refractivity contribution in [2.45, 2.75) is 13.1 Å². The van der Waals surface area contributed by atoms with Crippen LogP contribution in [0.15, 0.2) is 60.8 Å². The van der Waals surface area contributed by atoms with Crippen molar-refractivity contribution in [1.29, 1.82) is 0 Å². The molecule has 100 valence electrons. The fourth-order valence-corrected chi connectivity index (χ4v) is 2.31. The highest BCUT2D eigenvalue weighted by Gasteiger charge is 2.04. The van der Waals surface area contributed by atoms with Gasteiger partial charge in [0.25, 0.3) is 0 Å². The van der Waals surface area contributed by atoms with Crippen molar-refractivity contribution >= 4 is 10.9 Å². The fourth-order valence-electron chi connectivity index (χ4n) is 2.31. The van der Waals surface area contributed by atoms with Gasteiger partial charge in [-0.15, -0.1) is 0 Å². The molecule has 0 unspecified atom stereocenters. The average Bonchev–Trinajstić information content (AvgIpc) is 2.49. The van der Waals surface area contributed by atoms with Gasteiger partial charge in [-0.1, -0.05) is 42.5 Å². The van der Waals surface area contributed by atoms with Gasteiger partial charge < -0.3 is 10.4 Å². The number of fused-ring (bicyclic) bond motifs is 1. The summed E-state index contributed by atoms with van der Waals surface area (Å²) in [6.45, 7) is 1.57. The zero-order valence-corrected chi connectivity index (χ0v) is 11.1. The molecule has 3 nitrogen and oxygen atoms in total. The minimum atomic E-state index is 0.229. The van der Waals surface area contributed by atoms with Crippen molar-refractivity contribution in [3.05, 3.63) is 71.9 Å². The lowest BCUT2D eigenvalue weighted by molar-refractivity contribution is 0.480. The Labute approximate surface area is 117 Å². The van der Waals surface area contributed by atoms with E-state index < -0.39 is 0 Å². The van der Waals surface area contributed by atoms with Gasteiger partial charge in [0, 0.05) is 24.7 Å². The summed E-state index contributed by atoms with van der Waals surface area (Å²) in [5, 5.41) is 14.2. The normalized spacial score (nSPS) is 10.8. The average molecular weight is 264 g/mol. The monoisotopic (exact) mass is 264 g/mol. The molecule has 0 atom stereocenters. The Morgan fingerprint density at radius 3 is 2.60 bits per heavy atom. The topological polar surface area (TPSA) is 45.1 Å². The molecular weight excluding hydrogens is 248 g/mol. The Kier molecular flexibility index (Phi) is 3.61. The number of hydrogen-bond acceptors (Lipinski definition) is 3. The van der Waals surface area contributed by atoms with Gasteiger partial charge in [0.2, 0.25) is 0 Å². The number of aromatic nitrogens is 1. The van der Waals surface area contributed by atoms with Crippen LogP contribution in [0.1, 0.15) is 11.1 Å². The summed E-state index contributed by atoms with van der Waals surface area (Å²) >= 11 is 0. The first kappa shape index (κ1) is 12.6. The standard InChI is InChI=1S/C17H16N2O/c20-16-8-4-7-15-14(9-10-19-17(15)16)12-18-11-13-5-2-1-3-6-13/h1-10,18,20H,11-12H2. The number of hydrogen-bond donors (Lipinski definition) is 2. The first-order valence-electron chi connectivity index (χ1n) is 6.65. The summed E-state index contributed by atoms with van der Waals surface area (Å²) < 4.78 is 0. The number of pyridine rings is 1. The van der Waals surface area contributed by atoms with Crippen LogP contribution in [0.5, 0.6) is 5.75 Å². The lowest BCUT2D eigenvalue weighted by atomic mass is 10.1. The molecule has 0 aliphatic heterocycles. The second-order valence-electron chi connectivity index (χ2n) is 4.73.